The van der Waals surface area contributed by atoms with Crippen molar-refractivity contribution in [2.45, 2.75) is 31.8 Å². The van der Waals surface area contributed by atoms with Crippen LogP contribution in [0.5, 0.6) is 0 Å². The second kappa shape index (κ2) is 7.66. The number of amides is 1. The Labute approximate surface area is 149 Å². The fourth-order valence-electron chi connectivity index (χ4n) is 3.16. The van der Waals surface area contributed by atoms with Gasteiger partial charge in [0.15, 0.2) is 0 Å². The van der Waals surface area contributed by atoms with Crippen LogP contribution in [0.2, 0.25) is 0 Å². The van der Waals surface area contributed by atoms with E-state index in [4.69, 9.17) is 5.73 Å². The quantitative estimate of drug-likeness (QED) is 0.775. The molecule has 132 valence electrons. The van der Waals surface area contributed by atoms with Crippen molar-refractivity contribution in [1.29, 1.82) is 0 Å². The number of carbonyl (C=O) groups excluding carboxylic acids is 1. The van der Waals surface area contributed by atoms with Crippen LogP contribution in [0.4, 0.5) is 5.69 Å². The SMILES string of the molecule is CC(CN)(NC(=O)CN(Cc1cccnc1)c1ccccc1)C1CC1. The molecule has 1 saturated carbocycles. The van der Waals surface area contributed by atoms with E-state index in [0.29, 0.717) is 25.6 Å². The number of anilines is 1. The number of benzene rings is 1. The minimum atomic E-state index is -0.298. The summed E-state index contributed by atoms with van der Waals surface area (Å²) in [5.74, 6) is 0.512. The third-order valence-electron chi connectivity index (χ3n) is 4.88. The lowest BCUT2D eigenvalue weighted by Crippen LogP contribution is -2.55. The molecule has 0 spiro atoms. The summed E-state index contributed by atoms with van der Waals surface area (Å²) >= 11 is 0. The minimum Gasteiger partial charge on any atom is -0.358 e. The highest BCUT2D eigenvalue weighted by Gasteiger charge is 2.41. The Hall–Kier alpha value is -2.40. The van der Waals surface area contributed by atoms with Crippen LogP contribution in [0.25, 0.3) is 0 Å². The Kier molecular flexibility index (Phi) is 5.34. The highest BCUT2D eigenvalue weighted by Crippen LogP contribution is 2.38. The van der Waals surface area contributed by atoms with Gasteiger partial charge in [-0.2, -0.15) is 0 Å². The van der Waals surface area contributed by atoms with Gasteiger partial charge in [0.2, 0.25) is 5.91 Å². The van der Waals surface area contributed by atoms with Crippen LogP contribution in [-0.2, 0) is 11.3 Å². The van der Waals surface area contributed by atoms with Gasteiger partial charge < -0.3 is 16.0 Å². The lowest BCUT2D eigenvalue weighted by Gasteiger charge is -2.32. The molecule has 1 heterocycles. The molecule has 5 heteroatoms. The second-order valence-corrected chi connectivity index (χ2v) is 7.00. The van der Waals surface area contributed by atoms with Crippen LogP contribution in [0.1, 0.15) is 25.3 Å². The van der Waals surface area contributed by atoms with Crippen molar-refractivity contribution >= 4 is 11.6 Å². The van der Waals surface area contributed by atoms with Gasteiger partial charge in [0, 0.05) is 31.2 Å². The summed E-state index contributed by atoms with van der Waals surface area (Å²) < 4.78 is 0. The van der Waals surface area contributed by atoms with Crippen LogP contribution in [0.3, 0.4) is 0 Å². The number of nitrogens with one attached hydrogen (secondary N) is 1. The molecule has 2 aromatic rings. The van der Waals surface area contributed by atoms with Crippen LogP contribution >= 0.6 is 0 Å². The van der Waals surface area contributed by atoms with Gasteiger partial charge in [-0.05, 0) is 49.4 Å². The molecule has 1 aromatic carbocycles. The highest BCUT2D eigenvalue weighted by atomic mass is 16.2. The zero-order chi connectivity index (χ0) is 17.7. The summed E-state index contributed by atoms with van der Waals surface area (Å²) in [5.41, 5.74) is 7.72. The zero-order valence-electron chi connectivity index (χ0n) is 14.7. The van der Waals surface area contributed by atoms with E-state index in [9.17, 15) is 4.79 Å². The lowest BCUT2D eigenvalue weighted by atomic mass is 9.96. The average Bonchev–Trinajstić information content (AvgIpc) is 3.48. The minimum absolute atomic E-state index is 0.00703. The van der Waals surface area contributed by atoms with Crippen molar-refractivity contribution in [3.8, 4) is 0 Å². The third kappa shape index (κ3) is 4.57. The van der Waals surface area contributed by atoms with Crippen molar-refractivity contribution in [2.75, 3.05) is 18.0 Å². The summed E-state index contributed by atoms with van der Waals surface area (Å²) in [6.07, 6.45) is 5.88. The number of nitrogens with zero attached hydrogens (tertiary/aromatic N) is 2. The molecular weight excluding hydrogens is 312 g/mol. The Morgan fingerprint density at radius 3 is 2.64 bits per heavy atom. The van der Waals surface area contributed by atoms with Crippen LogP contribution in [0, 0.1) is 5.92 Å². The molecule has 0 aliphatic heterocycles. The molecule has 1 fully saturated rings. The average molecular weight is 338 g/mol. The van der Waals surface area contributed by atoms with E-state index in [2.05, 4.69) is 22.1 Å². The number of nitrogens with two attached hydrogens (primary N) is 1. The first-order valence-corrected chi connectivity index (χ1v) is 8.81. The van der Waals surface area contributed by atoms with Gasteiger partial charge in [-0.15, -0.1) is 0 Å². The molecule has 0 saturated heterocycles. The number of rotatable bonds is 8. The zero-order valence-corrected chi connectivity index (χ0v) is 14.7. The van der Waals surface area contributed by atoms with Gasteiger partial charge in [0.05, 0.1) is 12.1 Å². The molecule has 1 aliphatic rings. The summed E-state index contributed by atoms with van der Waals surface area (Å²) in [4.78, 5) is 18.9. The molecule has 3 rings (SSSR count). The predicted octanol–water partition coefficient (Wildman–Crippen LogP) is 2.33. The smallest absolute Gasteiger partial charge is 0.240 e. The van der Waals surface area contributed by atoms with Crippen LogP contribution in [0.15, 0.2) is 54.9 Å². The number of carbonyl (C=O) groups is 1. The van der Waals surface area contributed by atoms with E-state index in [1.165, 1.54) is 0 Å². The Balaban J connectivity index is 1.72. The van der Waals surface area contributed by atoms with E-state index in [1.54, 1.807) is 6.20 Å². The number of para-hydroxylation sites is 1. The van der Waals surface area contributed by atoms with Gasteiger partial charge in [-0.25, -0.2) is 0 Å². The third-order valence-corrected chi connectivity index (χ3v) is 4.88. The molecule has 1 aromatic heterocycles. The van der Waals surface area contributed by atoms with E-state index in [1.807, 2.05) is 48.7 Å². The Morgan fingerprint density at radius 1 is 1.28 bits per heavy atom. The monoisotopic (exact) mass is 338 g/mol. The maximum atomic E-state index is 12.7. The van der Waals surface area contributed by atoms with Crippen molar-refractivity contribution in [3.63, 3.8) is 0 Å². The summed E-state index contributed by atoms with van der Waals surface area (Å²) in [6, 6.07) is 13.9. The Bertz CT molecular complexity index is 687. The van der Waals surface area contributed by atoms with E-state index >= 15 is 0 Å². The maximum absolute atomic E-state index is 12.7. The van der Waals surface area contributed by atoms with E-state index < -0.39 is 0 Å². The first kappa shape index (κ1) is 17.4. The van der Waals surface area contributed by atoms with Gasteiger partial charge in [-0.1, -0.05) is 24.3 Å². The van der Waals surface area contributed by atoms with Crippen molar-refractivity contribution < 1.29 is 4.79 Å². The fourth-order valence-corrected chi connectivity index (χ4v) is 3.16. The first-order valence-electron chi connectivity index (χ1n) is 8.81. The topological polar surface area (TPSA) is 71.2 Å². The molecule has 1 amide bonds. The van der Waals surface area contributed by atoms with Crippen molar-refractivity contribution in [1.82, 2.24) is 10.3 Å². The number of hydrogen-bond donors (Lipinski definition) is 2. The van der Waals surface area contributed by atoms with Crippen molar-refractivity contribution in [3.05, 3.63) is 60.4 Å². The molecule has 0 radical (unpaired) electrons. The number of aromatic nitrogens is 1. The maximum Gasteiger partial charge on any atom is 0.240 e. The summed E-state index contributed by atoms with van der Waals surface area (Å²) in [7, 11) is 0. The summed E-state index contributed by atoms with van der Waals surface area (Å²) in [5, 5.41) is 3.17. The Morgan fingerprint density at radius 2 is 2.04 bits per heavy atom. The summed E-state index contributed by atoms with van der Waals surface area (Å²) in [6.45, 7) is 3.45. The molecular formula is C20H26N4O. The molecule has 1 aliphatic carbocycles. The second-order valence-electron chi connectivity index (χ2n) is 7.00. The lowest BCUT2D eigenvalue weighted by molar-refractivity contribution is -0.121. The number of hydrogen-bond acceptors (Lipinski definition) is 4. The standard InChI is InChI=1S/C20H26N4O/c1-20(15-21,17-9-10-17)23-19(25)14-24(18-7-3-2-4-8-18)13-16-6-5-11-22-12-16/h2-8,11-12,17H,9-10,13-15,21H2,1H3,(H,23,25). The van der Waals surface area contributed by atoms with Crippen LogP contribution < -0.4 is 16.0 Å². The largest absolute Gasteiger partial charge is 0.358 e. The van der Waals surface area contributed by atoms with Gasteiger partial charge in [-0.3, -0.25) is 9.78 Å². The first-order chi connectivity index (χ1) is 12.1. The normalized spacial score (nSPS) is 16.1. The molecule has 1 unspecified atom stereocenters. The van der Waals surface area contributed by atoms with Gasteiger partial charge in [0.25, 0.3) is 0 Å². The van der Waals surface area contributed by atoms with Crippen LogP contribution in [-0.4, -0.2) is 29.5 Å². The van der Waals surface area contributed by atoms with E-state index in [0.717, 1.165) is 24.1 Å². The fraction of sp³-hybridized carbons (Fsp3) is 0.400. The highest BCUT2D eigenvalue weighted by molar-refractivity contribution is 5.82. The number of pyridine rings is 1. The van der Waals surface area contributed by atoms with Gasteiger partial charge in [0.1, 0.15) is 0 Å². The molecule has 25 heavy (non-hydrogen) atoms. The van der Waals surface area contributed by atoms with Crippen molar-refractivity contribution in [2.24, 2.45) is 11.7 Å². The molecule has 5 nitrogen and oxygen atoms in total. The molecule has 3 N–H and O–H groups in total. The van der Waals surface area contributed by atoms with Gasteiger partial charge >= 0.3 is 0 Å². The van der Waals surface area contributed by atoms with E-state index in [-0.39, 0.29) is 11.4 Å². The molecule has 1 atom stereocenters. The molecule has 0 bridgehead atoms. The predicted molar refractivity (Wildman–Crippen MR) is 100 cm³/mol.